The summed E-state index contributed by atoms with van der Waals surface area (Å²) < 4.78 is 10.4. The van der Waals surface area contributed by atoms with Crippen LogP contribution in [0.25, 0.3) is 0 Å². The van der Waals surface area contributed by atoms with Gasteiger partial charge in [-0.1, -0.05) is 17.7 Å². The van der Waals surface area contributed by atoms with E-state index in [1.807, 2.05) is 18.2 Å². The third kappa shape index (κ3) is 5.57. The van der Waals surface area contributed by atoms with Crippen LogP contribution in [0.3, 0.4) is 0 Å². The van der Waals surface area contributed by atoms with Crippen molar-refractivity contribution in [1.29, 1.82) is 0 Å². The van der Waals surface area contributed by atoms with E-state index in [1.165, 1.54) is 32.9 Å². The number of anilines is 2. The Morgan fingerprint density at radius 1 is 1.08 bits per heavy atom. The number of hydrogen-bond donors (Lipinski definition) is 2. The molecule has 2 N–H and O–H groups in total. The standard InChI is InChI=1S/C18H19ClN2O4S/c1-11(22)20-12-5-4-6-13(7-12)26-10-18(23)21-15-8-14(19)16(24-2)9-17(15)25-3/h4-9H,10H2,1-3H3,(H,20,22)(H,21,23). The Balaban J connectivity index is 2.01. The summed E-state index contributed by atoms with van der Waals surface area (Å²) in [6.07, 6.45) is 0. The van der Waals surface area contributed by atoms with Gasteiger partial charge in [-0.2, -0.15) is 0 Å². The quantitative estimate of drug-likeness (QED) is 0.693. The molecule has 0 unspecified atom stereocenters. The average molecular weight is 395 g/mol. The van der Waals surface area contributed by atoms with Crippen LogP contribution in [-0.2, 0) is 9.59 Å². The molecule has 138 valence electrons. The smallest absolute Gasteiger partial charge is 0.234 e. The monoisotopic (exact) mass is 394 g/mol. The van der Waals surface area contributed by atoms with E-state index in [1.54, 1.807) is 18.2 Å². The molecule has 8 heteroatoms. The van der Waals surface area contributed by atoms with E-state index < -0.39 is 0 Å². The molecule has 2 rings (SSSR count). The number of methoxy groups -OCH3 is 2. The Hall–Kier alpha value is -2.38. The Bertz CT molecular complexity index is 814. The highest BCUT2D eigenvalue weighted by molar-refractivity contribution is 8.00. The largest absolute Gasteiger partial charge is 0.495 e. The molecule has 0 aliphatic carbocycles. The van der Waals surface area contributed by atoms with Gasteiger partial charge in [0.15, 0.2) is 0 Å². The van der Waals surface area contributed by atoms with Gasteiger partial charge in [-0.15, -0.1) is 11.8 Å². The van der Waals surface area contributed by atoms with Crippen molar-refractivity contribution < 1.29 is 19.1 Å². The average Bonchev–Trinajstić information content (AvgIpc) is 2.60. The maximum absolute atomic E-state index is 12.3. The molecule has 6 nitrogen and oxygen atoms in total. The zero-order chi connectivity index (χ0) is 19.1. The zero-order valence-electron chi connectivity index (χ0n) is 14.6. The lowest BCUT2D eigenvalue weighted by Crippen LogP contribution is -2.14. The number of carbonyl (C=O) groups excluding carboxylic acids is 2. The topological polar surface area (TPSA) is 76.7 Å². The number of benzene rings is 2. The van der Waals surface area contributed by atoms with Crippen LogP contribution in [0.5, 0.6) is 11.5 Å². The Kier molecular flexibility index (Phi) is 7.17. The molecule has 0 aromatic heterocycles. The van der Waals surface area contributed by atoms with E-state index in [0.717, 1.165) is 4.90 Å². The fourth-order valence-electron chi connectivity index (χ4n) is 2.16. The van der Waals surface area contributed by atoms with E-state index in [4.69, 9.17) is 21.1 Å². The first-order valence-electron chi connectivity index (χ1n) is 7.64. The summed E-state index contributed by atoms with van der Waals surface area (Å²) in [5.74, 6) is 0.756. The molecular weight excluding hydrogens is 376 g/mol. The predicted octanol–water partition coefficient (Wildman–Crippen LogP) is 4.05. The number of rotatable bonds is 7. The van der Waals surface area contributed by atoms with Gasteiger partial charge < -0.3 is 20.1 Å². The summed E-state index contributed by atoms with van der Waals surface area (Å²) in [6.45, 7) is 1.45. The molecule has 0 bridgehead atoms. The van der Waals surface area contributed by atoms with Crippen molar-refractivity contribution >= 4 is 46.6 Å². The van der Waals surface area contributed by atoms with Crippen LogP contribution < -0.4 is 20.1 Å². The number of hydrogen-bond acceptors (Lipinski definition) is 5. The molecule has 0 saturated carbocycles. The lowest BCUT2D eigenvalue weighted by molar-refractivity contribution is -0.114. The fourth-order valence-corrected chi connectivity index (χ4v) is 3.16. The summed E-state index contributed by atoms with van der Waals surface area (Å²) in [4.78, 5) is 24.2. The highest BCUT2D eigenvalue weighted by Gasteiger charge is 2.13. The van der Waals surface area contributed by atoms with Gasteiger partial charge in [-0.05, 0) is 24.3 Å². The van der Waals surface area contributed by atoms with Crippen LogP contribution in [0, 0.1) is 0 Å². The molecular formula is C18H19ClN2O4S. The second-order valence-electron chi connectivity index (χ2n) is 5.23. The molecule has 0 atom stereocenters. The molecule has 26 heavy (non-hydrogen) atoms. The maximum Gasteiger partial charge on any atom is 0.234 e. The van der Waals surface area contributed by atoms with Crippen molar-refractivity contribution in [3.05, 3.63) is 41.4 Å². The first-order valence-corrected chi connectivity index (χ1v) is 9.01. The highest BCUT2D eigenvalue weighted by Crippen LogP contribution is 2.36. The SMILES string of the molecule is COc1cc(OC)c(NC(=O)CSc2cccc(NC(C)=O)c2)cc1Cl. The number of carbonyl (C=O) groups is 2. The third-order valence-corrected chi connectivity index (χ3v) is 4.56. The predicted molar refractivity (Wildman–Crippen MR) is 105 cm³/mol. The van der Waals surface area contributed by atoms with Crippen LogP contribution in [-0.4, -0.2) is 31.8 Å². The number of ether oxygens (including phenoxy) is 2. The summed E-state index contributed by atoms with van der Waals surface area (Å²) in [7, 11) is 3.01. The van der Waals surface area contributed by atoms with Crippen molar-refractivity contribution in [2.24, 2.45) is 0 Å². The minimum Gasteiger partial charge on any atom is -0.495 e. The third-order valence-electron chi connectivity index (χ3n) is 3.27. The minimum absolute atomic E-state index is 0.145. The molecule has 0 spiro atoms. The van der Waals surface area contributed by atoms with Crippen LogP contribution in [0.2, 0.25) is 5.02 Å². The Morgan fingerprint density at radius 2 is 1.81 bits per heavy atom. The molecule has 0 aliphatic rings. The van der Waals surface area contributed by atoms with Gasteiger partial charge in [0.2, 0.25) is 11.8 Å². The second-order valence-corrected chi connectivity index (χ2v) is 6.69. The summed E-state index contributed by atoms with van der Waals surface area (Å²) in [5, 5.41) is 5.86. The highest BCUT2D eigenvalue weighted by atomic mass is 35.5. The van der Waals surface area contributed by atoms with E-state index in [2.05, 4.69) is 10.6 Å². The first-order chi connectivity index (χ1) is 12.4. The normalized spacial score (nSPS) is 10.2. The lowest BCUT2D eigenvalue weighted by atomic mass is 10.2. The second kappa shape index (κ2) is 9.35. The van der Waals surface area contributed by atoms with Gasteiger partial charge in [0, 0.05) is 23.6 Å². The Morgan fingerprint density at radius 3 is 2.46 bits per heavy atom. The lowest BCUT2D eigenvalue weighted by Gasteiger charge is -2.13. The van der Waals surface area contributed by atoms with Crippen molar-refractivity contribution in [2.75, 3.05) is 30.6 Å². The molecule has 0 fully saturated rings. The number of halogens is 1. The number of amides is 2. The fraction of sp³-hybridized carbons (Fsp3) is 0.222. The van der Waals surface area contributed by atoms with Gasteiger partial charge in [0.05, 0.1) is 30.7 Å². The van der Waals surface area contributed by atoms with Crippen LogP contribution in [0.1, 0.15) is 6.92 Å². The summed E-state index contributed by atoms with van der Waals surface area (Å²) >= 11 is 7.45. The van der Waals surface area contributed by atoms with E-state index in [-0.39, 0.29) is 17.6 Å². The molecule has 0 saturated heterocycles. The molecule has 2 aromatic rings. The van der Waals surface area contributed by atoms with Crippen molar-refractivity contribution in [3.8, 4) is 11.5 Å². The van der Waals surface area contributed by atoms with Crippen molar-refractivity contribution in [3.63, 3.8) is 0 Å². The van der Waals surface area contributed by atoms with E-state index >= 15 is 0 Å². The number of nitrogens with one attached hydrogen (secondary N) is 2. The van der Waals surface area contributed by atoms with Gasteiger partial charge in [-0.3, -0.25) is 9.59 Å². The van der Waals surface area contributed by atoms with E-state index in [9.17, 15) is 9.59 Å². The van der Waals surface area contributed by atoms with Gasteiger partial charge in [0.25, 0.3) is 0 Å². The molecule has 0 radical (unpaired) electrons. The van der Waals surface area contributed by atoms with Gasteiger partial charge in [-0.25, -0.2) is 0 Å². The molecule has 0 heterocycles. The summed E-state index contributed by atoms with van der Waals surface area (Å²) in [6, 6.07) is 10.5. The number of thioether (sulfide) groups is 1. The first kappa shape index (κ1) is 19.9. The minimum atomic E-state index is -0.209. The maximum atomic E-state index is 12.3. The molecule has 2 amide bonds. The van der Waals surface area contributed by atoms with Crippen molar-refractivity contribution in [2.45, 2.75) is 11.8 Å². The van der Waals surface area contributed by atoms with Gasteiger partial charge in [0.1, 0.15) is 11.5 Å². The summed E-state index contributed by atoms with van der Waals surface area (Å²) in [5.41, 5.74) is 1.16. The van der Waals surface area contributed by atoms with Crippen LogP contribution >= 0.6 is 23.4 Å². The van der Waals surface area contributed by atoms with E-state index in [0.29, 0.717) is 27.9 Å². The molecule has 2 aromatic carbocycles. The van der Waals surface area contributed by atoms with Crippen molar-refractivity contribution in [1.82, 2.24) is 0 Å². The van der Waals surface area contributed by atoms with Gasteiger partial charge >= 0.3 is 0 Å². The molecule has 0 aliphatic heterocycles. The Labute approximate surface area is 161 Å². The zero-order valence-corrected chi connectivity index (χ0v) is 16.2. The van der Waals surface area contributed by atoms with Crippen LogP contribution in [0.15, 0.2) is 41.3 Å². The van der Waals surface area contributed by atoms with Crippen LogP contribution in [0.4, 0.5) is 11.4 Å².